The van der Waals surface area contributed by atoms with Crippen molar-refractivity contribution in [3.05, 3.63) is 23.8 Å². The lowest BCUT2D eigenvalue weighted by Gasteiger charge is -2.35. The van der Waals surface area contributed by atoms with Crippen molar-refractivity contribution in [1.82, 2.24) is 5.32 Å². The van der Waals surface area contributed by atoms with E-state index in [9.17, 15) is 10.2 Å². The van der Waals surface area contributed by atoms with Crippen molar-refractivity contribution < 1.29 is 10.2 Å². The van der Waals surface area contributed by atoms with Gasteiger partial charge in [-0.25, -0.2) is 0 Å². The normalized spacial score (nSPS) is 32.4. The molecule has 0 bridgehead atoms. The molecule has 1 spiro atoms. The fraction of sp³-hybridized carbons (Fsp3) is 0.500. The van der Waals surface area contributed by atoms with Crippen LogP contribution in [0.15, 0.2) is 18.2 Å². The van der Waals surface area contributed by atoms with Crippen LogP contribution in [0, 0.1) is 0 Å². The highest BCUT2D eigenvalue weighted by atomic mass is 16.3. The molecule has 4 nitrogen and oxygen atoms in total. The van der Waals surface area contributed by atoms with Crippen molar-refractivity contribution >= 4 is 5.69 Å². The van der Waals surface area contributed by atoms with Gasteiger partial charge < -0.3 is 20.4 Å². The average Bonchev–Trinajstić information content (AvgIpc) is 2.83. The summed E-state index contributed by atoms with van der Waals surface area (Å²) in [7, 11) is 1.99. The van der Waals surface area contributed by atoms with Crippen LogP contribution in [0.4, 0.5) is 5.69 Å². The third-order valence-corrected chi connectivity index (χ3v) is 4.01. The van der Waals surface area contributed by atoms with E-state index in [-0.39, 0.29) is 11.3 Å². The first-order chi connectivity index (χ1) is 7.65. The molecule has 4 heteroatoms. The maximum atomic E-state index is 10.4. The molecule has 1 aromatic rings. The number of nitrogens with zero attached hydrogens (tertiary/aromatic N) is 1. The van der Waals surface area contributed by atoms with E-state index in [0.717, 1.165) is 30.8 Å². The van der Waals surface area contributed by atoms with Crippen LogP contribution in [-0.2, 0) is 0 Å². The number of likely N-dealkylation sites (N-methyl/N-ethyl adjacent to an activating group) is 1. The van der Waals surface area contributed by atoms with Crippen molar-refractivity contribution in [1.29, 1.82) is 0 Å². The number of anilines is 1. The van der Waals surface area contributed by atoms with Gasteiger partial charge >= 0.3 is 0 Å². The molecular weight excluding hydrogens is 204 g/mol. The molecule has 2 unspecified atom stereocenters. The number of aliphatic hydroxyl groups excluding tert-OH is 1. The lowest BCUT2D eigenvalue weighted by molar-refractivity contribution is 0.105. The molecule has 0 aliphatic carbocycles. The highest BCUT2D eigenvalue weighted by Gasteiger charge is 2.50. The largest absolute Gasteiger partial charge is 0.508 e. The van der Waals surface area contributed by atoms with Crippen LogP contribution >= 0.6 is 0 Å². The van der Waals surface area contributed by atoms with Crippen LogP contribution in [-0.4, -0.2) is 35.9 Å². The molecule has 2 aliphatic rings. The molecule has 0 saturated carbocycles. The second kappa shape index (κ2) is 3.12. The van der Waals surface area contributed by atoms with E-state index in [0.29, 0.717) is 0 Å². The number of rotatable bonds is 0. The number of benzene rings is 1. The first-order valence-electron chi connectivity index (χ1n) is 5.61. The summed E-state index contributed by atoms with van der Waals surface area (Å²) in [5.74, 6) is 0.251. The molecule has 3 rings (SSSR count). The van der Waals surface area contributed by atoms with Crippen molar-refractivity contribution in [2.75, 3.05) is 25.0 Å². The monoisotopic (exact) mass is 220 g/mol. The molecule has 0 amide bonds. The molecule has 86 valence electrons. The molecule has 0 radical (unpaired) electrons. The van der Waals surface area contributed by atoms with Crippen LogP contribution in [0.25, 0.3) is 0 Å². The highest BCUT2D eigenvalue weighted by Crippen LogP contribution is 2.48. The van der Waals surface area contributed by atoms with E-state index in [1.165, 1.54) is 0 Å². The lowest BCUT2D eigenvalue weighted by Crippen LogP contribution is -2.48. The summed E-state index contributed by atoms with van der Waals surface area (Å²) in [4.78, 5) is 2.10. The number of fused-ring (bicyclic) bond motifs is 1. The van der Waals surface area contributed by atoms with Crippen LogP contribution < -0.4 is 10.2 Å². The minimum Gasteiger partial charge on any atom is -0.508 e. The third kappa shape index (κ3) is 1.06. The van der Waals surface area contributed by atoms with E-state index >= 15 is 0 Å². The number of hydrogen-bond acceptors (Lipinski definition) is 4. The summed E-state index contributed by atoms with van der Waals surface area (Å²) in [6, 6.07) is 5.18. The molecule has 2 atom stereocenters. The first kappa shape index (κ1) is 9.93. The van der Waals surface area contributed by atoms with Gasteiger partial charge in [0, 0.05) is 30.9 Å². The summed E-state index contributed by atoms with van der Waals surface area (Å²) < 4.78 is 0. The van der Waals surface area contributed by atoms with Gasteiger partial charge in [-0.15, -0.1) is 0 Å². The Morgan fingerprint density at radius 2 is 2.31 bits per heavy atom. The maximum absolute atomic E-state index is 10.4. The summed E-state index contributed by atoms with van der Waals surface area (Å²) in [6.45, 7) is 1.72. The Bertz CT molecular complexity index is 427. The lowest BCUT2D eigenvalue weighted by atomic mass is 9.90. The number of aliphatic hydroxyl groups is 1. The number of nitrogens with one attached hydrogen (secondary N) is 1. The Hall–Kier alpha value is -1.26. The van der Waals surface area contributed by atoms with Gasteiger partial charge in [-0.05, 0) is 19.0 Å². The fourth-order valence-corrected chi connectivity index (χ4v) is 2.98. The van der Waals surface area contributed by atoms with E-state index in [1.807, 2.05) is 13.1 Å². The van der Waals surface area contributed by atoms with Gasteiger partial charge in [0.05, 0.1) is 5.54 Å². The Labute approximate surface area is 94.5 Å². The molecule has 0 aromatic heterocycles. The Morgan fingerprint density at radius 3 is 3.00 bits per heavy atom. The third-order valence-electron chi connectivity index (χ3n) is 4.01. The van der Waals surface area contributed by atoms with Gasteiger partial charge in [0.15, 0.2) is 0 Å². The van der Waals surface area contributed by atoms with Crippen molar-refractivity contribution in [2.24, 2.45) is 0 Å². The molecule has 1 aromatic carbocycles. The second-order valence-corrected chi connectivity index (χ2v) is 4.74. The van der Waals surface area contributed by atoms with Gasteiger partial charge in [-0.3, -0.25) is 0 Å². The molecule has 1 saturated heterocycles. The SMILES string of the molecule is CN1c2cc(O)ccc2C(O)C12CCNC2. The van der Waals surface area contributed by atoms with Crippen LogP contribution in [0.5, 0.6) is 5.75 Å². The van der Waals surface area contributed by atoms with Gasteiger partial charge in [0.2, 0.25) is 0 Å². The van der Waals surface area contributed by atoms with E-state index in [2.05, 4.69) is 10.2 Å². The summed E-state index contributed by atoms with van der Waals surface area (Å²) in [5, 5.41) is 23.2. The zero-order valence-electron chi connectivity index (χ0n) is 9.27. The molecule has 2 aliphatic heterocycles. The average molecular weight is 220 g/mol. The number of phenolic OH excluding ortho intramolecular Hbond substituents is 1. The first-order valence-corrected chi connectivity index (χ1v) is 5.61. The molecule has 1 fully saturated rings. The zero-order valence-corrected chi connectivity index (χ0v) is 9.27. The molecule has 2 heterocycles. The van der Waals surface area contributed by atoms with Crippen LogP contribution in [0.3, 0.4) is 0 Å². The molecule has 3 N–H and O–H groups in total. The van der Waals surface area contributed by atoms with E-state index in [1.54, 1.807) is 12.1 Å². The highest BCUT2D eigenvalue weighted by molar-refractivity contribution is 5.65. The second-order valence-electron chi connectivity index (χ2n) is 4.74. The maximum Gasteiger partial charge on any atom is 0.117 e. The van der Waals surface area contributed by atoms with Crippen LogP contribution in [0.1, 0.15) is 18.1 Å². The van der Waals surface area contributed by atoms with Gasteiger partial charge in [0.1, 0.15) is 11.9 Å². The van der Waals surface area contributed by atoms with Crippen molar-refractivity contribution in [3.63, 3.8) is 0 Å². The summed E-state index contributed by atoms with van der Waals surface area (Å²) in [6.07, 6.45) is 0.461. The Balaban J connectivity index is 2.12. The minimum atomic E-state index is -0.469. The van der Waals surface area contributed by atoms with Crippen molar-refractivity contribution in [3.8, 4) is 5.75 Å². The summed E-state index contributed by atoms with van der Waals surface area (Å²) in [5.41, 5.74) is 1.64. The minimum absolute atomic E-state index is 0.226. The Kier molecular flexibility index (Phi) is 1.94. The number of hydrogen-bond donors (Lipinski definition) is 3. The van der Waals surface area contributed by atoms with Gasteiger partial charge in [-0.2, -0.15) is 0 Å². The zero-order chi connectivity index (χ0) is 11.3. The van der Waals surface area contributed by atoms with Crippen LogP contribution in [0.2, 0.25) is 0 Å². The fourth-order valence-electron chi connectivity index (χ4n) is 2.98. The topological polar surface area (TPSA) is 55.7 Å². The van der Waals surface area contributed by atoms with Gasteiger partial charge in [-0.1, -0.05) is 6.07 Å². The predicted molar refractivity (Wildman–Crippen MR) is 61.7 cm³/mol. The number of aromatic hydroxyl groups is 1. The molecular formula is C12H16N2O2. The number of phenols is 1. The van der Waals surface area contributed by atoms with E-state index < -0.39 is 6.10 Å². The predicted octanol–water partition coefficient (Wildman–Crippen LogP) is 0.607. The van der Waals surface area contributed by atoms with E-state index in [4.69, 9.17) is 0 Å². The standard InChI is InChI=1S/C12H16N2O2/c1-14-10-6-8(15)2-3-9(10)11(16)12(14)4-5-13-7-12/h2-3,6,11,13,15-16H,4-5,7H2,1H3. The summed E-state index contributed by atoms with van der Waals surface area (Å²) >= 11 is 0. The van der Waals surface area contributed by atoms with Crippen molar-refractivity contribution in [2.45, 2.75) is 18.1 Å². The quantitative estimate of drug-likeness (QED) is 0.599. The molecule has 16 heavy (non-hydrogen) atoms. The smallest absolute Gasteiger partial charge is 0.117 e. The van der Waals surface area contributed by atoms with Gasteiger partial charge in [0.25, 0.3) is 0 Å². The Morgan fingerprint density at radius 1 is 1.50 bits per heavy atom.